The van der Waals surface area contributed by atoms with E-state index in [9.17, 15) is 8.42 Å². The zero-order valence-corrected chi connectivity index (χ0v) is 19.2. The molecule has 1 N–H and O–H groups in total. The van der Waals surface area contributed by atoms with Crippen molar-refractivity contribution < 1.29 is 13.2 Å². The number of methoxy groups -OCH3 is 1. The Morgan fingerprint density at radius 2 is 1.90 bits per heavy atom. The molecule has 0 fully saturated rings. The Bertz CT molecular complexity index is 1170. The monoisotopic (exact) mass is 438 g/mol. The first-order chi connectivity index (χ1) is 15.0. The molecule has 0 radical (unpaired) electrons. The number of hydrogen-bond acceptors (Lipinski definition) is 4. The van der Waals surface area contributed by atoms with Crippen LogP contribution in [0, 0.1) is 0 Å². The molecule has 0 saturated heterocycles. The maximum absolute atomic E-state index is 12.4. The summed E-state index contributed by atoms with van der Waals surface area (Å²) in [6.07, 6.45) is 2.27. The second-order valence-electron chi connectivity index (χ2n) is 7.98. The minimum atomic E-state index is -3.29. The molecule has 1 aliphatic rings. The standard InChI is InChI=1S/C25H30N2O3S/c1-4-27(24-14-10-18-8-6-7-9-21(18)24)17-19-11-13-23(26-19)22-16-20(31(28,29)5-2)12-15-25(22)30-3/h6-9,11-13,15-16,24,26H,4-5,10,14,17H2,1-3H3. The van der Waals surface area contributed by atoms with E-state index in [-0.39, 0.29) is 5.75 Å². The van der Waals surface area contributed by atoms with Crippen molar-refractivity contribution in [1.29, 1.82) is 0 Å². The lowest BCUT2D eigenvalue weighted by atomic mass is 10.1. The van der Waals surface area contributed by atoms with Gasteiger partial charge in [-0.1, -0.05) is 38.1 Å². The van der Waals surface area contributed by atoms with E-state index in [4.69, 9.17) is 4.74 Å². The summed E-state index contributed by atoms with van der Waals surface area (Å²) in [6, 6.07) is 18.3. The van der Waals surface area contributed by atoms with Crippen molar-refractivity contribution in [1.82, 2.24) is 9.88 Å². The Morgan fingerprint density at radius 1 is 1.10 bits per heavy atom. The molecule has 0 amide bonds. The van der Waals surface area contributed by atoms with E-state index in [0.717, 1.165) is 42.9 Å². The van der Waals surface area contributed by atoms with Gasteiger partial charge in [0.1, 0.15) is 5.75 Å². The number of hydrogen-bond donors (Lipinski definition) is 1. The minimum Gasteiger partial charge on any atom is -0.496 e. The van der Waals surface area contributed by atoms with Crippen LogP contribution < -0.4 is 4.74 Å². The third-order valence-electron chi connectivity index (χ3n) is 6.27. The van der Waals surface area contributed by atoms with Gasteiger partial charge in [-0.15, -0.1) is 0 Å². The Hall–Kier alpha value is -2.57. The fourth-order valence-electron chi connectivity index (χ4n) is 4.52. The first-order valence-corrected chi connectivity index (χ1v) is 12.5. The number of fused-ring (bicyclic) bond motifs is 1. The fourth-order valence-corrected chi connectivity index (χ4v) is 5.43. The third-order valence-corrected chi connectivity index (χ3v) is 8.00. The van der Waals surface area contributed by atoms with Crippen LogP contribution in [0.3, 0.4) is 0 Å². The smallest absolute Gasteiger partial charge is 0.178 e. The summed E-state index contributed by atoms with van der Waals surface area (Å²) >= 11 is 0. The number of aromatic nitrogens is 1. The number of nitrogens with one attached hydrogen (secondary N) is 1. The molecule has 2 aromatic carbocycles. The molecule has 164 valence electrons. The Labute approximate surface area is 185 Å². The van der Waals surface area contributed by atoms with Gasteiger partial charge in [-0.25, -0.2) is 8.42 Å². The van der Waals surface area contributed by atoms with Crippen LogP contribution in [0.2, 0.25) is 0 Å². The second-order valence-corrected chi connectivity index (χ2v) is 10.3. The van der Waals surface area contributed by atoms with Crippen molar-refractivity contribution in [2.75, 3.05) is 19.4 Å². The van der Waals surface area contributed by atoms with E-state index >= 15 is 0 Å². The highest BCUT2D eigenvalue weighted by Crippen LogP contribution is 2.37. The molecule has 0 saturated carbocycles. The molecule has 1 aliphatic carbocycles. The van der Waals surface area contributed by atoms with Crippen molar-refractivity contribution in [3.8, 4) is 17.0 Å². The lowest BCUT2D eigenvalue weighted by Gasteiger charge is -2.28. The zero-order chi connectivity index (χ0) is 22.0. The highest BCUT2D eigenvalue weighted by atomic mass is 32.2. The number of nitrogens with zero attached hydrogens (tertiary/aromatic N) is 1. The van der Waals surface area contributed by atoms with Crippen molar-refractivity contribution in [2.24, 2.45) is 0 Å². The van der Waals surface area contributed by atoms with Crippen LogP contribution >= 0.6 is 0 Å². The van der Waals surface area contributed by atoms with Crippen LogP contribution in [0.4, 0.5) is 0 Å². The van der Waals surface area contributed by atoms with Crippen LogP contribution in [-0.2, 0) is 22.8 Å². The first-order valence-electron chi connectivity index (χ1n) is 10.9. The van der Waals surface area contributed by atoms with Crippen molar-refractivity contribution >= 4 is 9.84 Å². The van der Waals surface area contributed by atoms with Crippen LogP contribution in [-0.4, -0.2) is 37.7 Å². The molecule has 1 atom stereocenters. The summed E-state index contributed by atoms with van der Waals surface area (Å²) in [5.74, 6) is 0.726. The molecule has 6 heteroatoms. The van der Waals surface area contributed by atoms with Crippen LogP contribution in [0.15, 0.2) is 59.5 Å². The maximum atomic E-state index is 12.4. The van der Waals surface area contributed by atoms with Gasteiger partial charge in [0.2, 0.25) is 0 Å². The van der Waals surface area contributed by atoms with Crippen LogP contribution in [0.1, 0.15) is 43.1 Å². The van der Waals surface area contributed by atoms with Gasteiger partial charge in [0.05, 0.1) is 17.8 Å². The molecule has 31 heavy (non-hydrogen) atoms. The highest BCUT2D eigenvalue weighted by Gasteiger charge is 2.27. The van der Waals surface area contributed by atoms with Gasteiger partial charge < -0.3 is 9.72 Å². The summed E-state index contributed by atoms with van der Waals surface area (Å²) in [7, 11) is -1.68. The minimum absolute atomic E-state index is 0.0725. The predicted molar refractivity (Wildman–Crippen MR) is 124 cm³/mol. The molecular weight excluding hydrogens is 408 g/mol. The number of H-pyrrole nitrogens is 1. The lowest BCUT2D eigenvalue weighted by molar-refractivity contribution is 0.196. The molecule has 1 heterocycles. The van der Waals surface area contributed by atoms with E-state index in [1.165, 1.54) is 11.1 Å². The topological polar surface area (TPSA) is 62.4 Å². The van der Waals surface area contributed by atoms with Gasteiger partial charge in [0.15, 0.2) is 9.84 Å². The molecule has 1 aromatic heterocycles. The molecule has 0 spiro atoms. The molecular formula is C25H30N2O3S. The summed E-state index contributed by atoms with van der Waals surface area (Å²) in [6.45, 7) is 5.63. The Morgan fingerprint density at radius 3 is 2.65 bits per heavy atom. The van der Waals surface area contributed by atoms with E-state index in [1.54, 1.807) is 32.2 Å². The summed E-state index contributed by atoms with van der Waals surface area (Å²) in [4.78, 5) is 6.31. The first kappa shape index (κ1) is 21.7. The molecule has 4 rings (SSSR count). The summed E-state index contributed by atoms with van der Waals surface area (Å²) < 4.78 is 30.2. The number of ether oxygens (including phenoxy) is 1. The second kappa shape index (κ2) is 8.89. The van der Waals surface area contributed by atoms with Gasteiger partial charge in [-0.05, 0) is 60.8 Å². The zero-order valence-electron chi connectivity index (χ0n) is 18.4. The average molecular weight is 439 g/mol. The van der Waals surface area contributed by atoms with Crippen molar-refractivity contribution in [3.63, 3.8) is 0 Å². The number of aryl methyl sites for hydroxylation is 1. The van der Waals surface area contributed by atoms with E-state index in [0.29, 0.717) is 16.7 Å². The van der Waals surface area contributed by atoms with Crippen molar-refractivity contribution in [3.05, 3.63) is 71.4 Å². The van der Waals surface area contributed by atoms with Gasteiger partial charge >= 0.3 is 0 Å². The van der Waals surface area contributed by atoms with Crippen LogP contribution in [0.5, 0.6) is 5.75 Å². The summed E-state index contributed by atoms with van der Waals surface area (Å²) in [5.41, 5.74) is 5.62. The van der Waals surface area contributed by atoms with E-state index in [2.05, 4.69) is 47.1 Å². The molecule has 0 bridgehead atoms. The van der Waals surface area contributed by atoms with E-state index in [1.807, 2.05) is 6.07 Å². The summed E-state index contributed by atoms with van der Waals surface area (Å²) in [5, 5.41) is 0. The SMILES string of the molecule is CCN(Cc1ccc(-c2cc(S(=O)(=O)CC)ccc2OC)[nH]1)C1CCc2ccccc21. The quantitative estimate of drug-likeness (QED) is 0.538. The number of aromatic amines is 1. The number of benzene rings is 2. The van der Waals surface area contributed by atoms with Crippen molar-refractivity contribution in [2.45, 2.75) is 44.2 Å². The maximum Gasteiger partial charge on any atom is 0.178 e. The van der Waals surface area contributed by atoms with Gasteiger partial charge in [-0.2, -0.15) is 0 Å². The molecule has 1 unspecified atom stereocenters. The number of rotatable bonds is 8. The highest BCUT2D eigenvalue weighted by molar-refractivity contribution is 7.91. The Kier molecular flexibility index (Phi) is 6.21. The fraction of sp³-hybridized carbons (Fsp3) is 0.360. The van der Waals surface area contributed by atoms with Gasteiger partial charge in [0.25, 0.3) is 0 Å². The molecule has 3 aromatic rings. The lowest BCUT2D eigenvalue weighted by Crippen LogP contribution is -2.27. The molecule has 0 aliphatic heterocycles. The largest absolute Gasteiger partial charge is 0.496 e. The predicted octanol–water partition coefficient (Wildman–Crippen LogP) is 4.99. The average Bonchev–Trinajstić information content (AvgIpc) is 3.44. The van der Waals surface area contributed by atoms with Gasteiger partial charge in [-0.3, -0.25) is 4.90 Å². The Balaban J connectivity index is 1.61. The number of sulfone groups is 1. The molecule has 5 nitrogen and oxygen atoms in total. The van der Waals surface area contributed by atoms with E-state index < -0.39 is 9.84 Å². The van der Waals surface area contributed by atoms with Gasteiger partial charge in [0, 0.05) is 29.5 Å². The van der Waals surface area contributed by atoms with Crippen LogP contribution in [0.25, 0.3) is 11.3 Å². The third kappa shape index (κ3) is 4.27. The normalized spacial score (nSPS) is 15.9.